The molecule has 3 aromatic rings. The molecule has 0 saturated heterocycles. The van der Waals surface area contributed by atoms with Crippen LogP contribution in [0.1, 0.15) is 11.1 Å². The monoisotopic (exact) mass is 466 g/mol. The maximum absolute atomic E-state index is 13.3. The van der Waals surface area contributed by atoms with Crippen molar-refractivity contribution in [3.8, 4) is 11.5 Å². The molecule has 4 rings (SSSR count). The van der Waals surface area contributed by atoms with E-state index in [9.17, 15) is 13.2 Å². The lowest BCUT2D eigenvalue weighted by Gasteiger charge is -2.34. The first kappa shape index (κ1) is 22.7. The van der Waals surface area contributed by atoms with Crippen LogP contribution in [0.15, 0.2) is 77.7 Å². The van der Waals surface area contributed by atoms with Gasteiger partial charge in [0.2, 0.25) is 0 Å². The number of hydrogen-bond donors (Lipinski definition) is 1. The third-order valence-corrected chi connectivity index (χ3v) is 7.37. The molecule has 7 nitrogen and oxygen atoms in total. The molecule has 0 aliphatic carbocycles. The molecule has 1 amide bonds. The van der Waals surface area contributed by atoms with Crippen molar-refractivity contribution in [3.63, 3.8) is 0 Å². The van der Waals surface area contributed by atoms with Crippen molar-refractivity contribution >= 4 is 21.6 Å². The Kier molecular flexibility index (Phi) is 6.55. The predicted molar refractivity (Wildman–Crippen MR) is 126 cm³/mol. The van der Waals surface area contributed by atoms with E-state index in [1.807, 2.05) is 32.0 Å². The molecule has 1 aliphatic heterocycles. The summed E-state index contributed by atoms with van der Waals surface area (Å²) in [6.07, 6.45) is -0.987. The highest BCUT2D eigenvalue weighted by Crippen LogP contribution is 2.36. The summed E-state index contributed by atoms with van der Waals surface area (Å²) in [7, 11) is -3.86. The lowest BCUT2D eigenvalue weighted by atomic mass is 10.1. The fraction of sp³-hybridized carbons (Fsp3) is 0.240. The number of amides is 1. The molecule has 1 atom stereocenters. The van der Waals surface area contributed by atoms with Crippen LogP contribution in [0.2, 0.25) is 0 Å². The van der Waals surface area contributed by atoms with Gasteiger partial charge in [-0.2, -0.15) is 0 Å². The van der Waals surface area contributed by atoms with Crippen LogP contribution >= 0.6 is 0 Å². The number of anilines is 1. The lowest BCUT2D eigenvalue weighted by molar-refractivity contribution is -0.127. The van der Waals surface area contributed by atoms with Gasteiger partial charge in [0.25, 0.3) is 15.9 Å². The summed E-state index contributed by atoms with van der Waals surface area (Å²) in [5.41, 5.74) is 2.59. The SMILES string of the molecule is Cc1cccc(OCCNC(=O)[C@@H]2CN(S(=O)(=O)c3ccccc3)c3ccccc3O2)c1C. The highest BCUT2D eigenvalue weighted by molar-refractivity contribution is 7.92. The van der Waals surface area contributed by atoms with E-state index in [0.717, 1.165) is 16.9 Å². The van der Waals surface area contributed by atoms with E-state index < -0.39 is 22.0 Å². The molecular formula is C25H26N2O5S. The highest BCUT2D eigenvalue weighted by Gasteiger charge is 2.37. The van der Waals surface area contributed by atoms with Crippen molar-refractivity contribution < 1.29 is 22.7 Å². The Bertz CT molecular complexity index is 1240. The number of benzene rings is 3. The molecule has 0 bridgehead atoms. The van der Waals surface area contributed by atoms with E-state index in [0.29, 0.717) is 11.4 Å². The molecule has 1 heterocycles. The van der Waals surface area contributed by atoms with Crippen molar-refractivity contribution in [1.29, 1.82) is 0 Å². The largest absolute Gasteiger partial charge is 0.491 e. The minimum absolute atomic E-state index is 0.127. The molecule has 0 radical (unpaired) electrons. The van der Waals surface area contributed by atoms with Gasteiger partial charge in [0.1, 0.15) is 18.1 Å². The number of nitrogens with zero attached hydrogens (tertiary/aromatic N) is 1. The number of nitrogens with one attached hydrogen (secondary N) is 1. The molecule has 1 N–H and O–H groups in total. The molecule has 0 spiro atoms. The van der Waals surface area contributed by atoms with E-state index in [4.69, 9.17) is 9.47 Å². The molecule has 0 fully saturated rings. The highest BCUT2D eigenvalue weighted by atomic mass is 32.2. The quantitative estimate of drug-likeness (QED) is 0.539. The number of aryl methyl sites for hydroxylation is 1. The topological polar surface area (TPSA) is 84.9 Å². The average molecular weight is 467 g/mol. The molecule has 33 heavy (non-hydrogen) atoms. The number of fused-ring (bicyclic) bond motifs is 1. The van der Waals surface area contributed by atoms with Gasteiger partial charge < -0.3 is 14.8 Å². The second-order valence-electron chi connectivity index (χ2n) is 7.76. The van der Waals surface area contributed by atoms with Crippen molar-refractivity contribution in [2.45, 2.75) is 24.8 Å². The molecule has 0 unspecified atom stereocenters. The normalized spacial score (nSPS) is 15.3. The number of para-hydroxylation sites is 2. The molecule has 1 aliphatic rings. The van der Waals surface area contributed by atoms with E-state index in [1.54, 1.807) is 42.5 Å². The van der Waals surface area contributed by atoms with Gasteiger partial charge in [0, 0.05) is 0 Å². The summed E-state index contributed by atoms with van der Waals surface area (Å²) in [6.45, 7) is 4.41. The Morgan fingerprint density at radius 1 is 1.03 bits per heavy atom. The zero-order valence-electron chi connectivity index (χ0n) is 18.5. The Morgan fingerprint density at radius 3 is 2.55 bits per heavy atom. The predicted octanol–water partition coefficient (Wildman–Crippen LogP) is 3.45. The molecule has 8 heteroatoms. The Labute approximate surface area is 194 Å². The van der Waals surface area contributed by atoms with Crippen LogP contribution in [0.4, 0.5) is 5.69 Å². The van der Waals surface area contributed by atoms with Gasteiger partial charge in [-0.1, -0.05) is 42.5 Å². The second kappa shape index (κ2) is 9.54. The number of carbonyl (C=O) groups is 1. The summed E-state index contributed by atoms with van der Waals surface area (Å²) in [4.78, 5) is 13.0. The zero-order valence-corrected chi connectivity index (χ0v) is 19.3. The Balaban J connectivity index is 1.45. The van der Waals surface area contributed by atoms with Crippen LogP contribution in [0.3, 0.4) is 0 Å². The Morgan fingerprint density at radius 2 is 1.76 bits per heavy atom. The number of sulfonamides is 1. The number of hydrogen-bond acceptors (Lipinski definition) is 5. The summed E-state index contributed by atoms with van der Waals surface area (Å²) in [5, 5.41) is 2.79. The minimum atomic E-state index is -3.86. The van der Waals surface area contributed by atoms with Gasteiger partial charge in [0.05, 0.1) is 23.7 Å². The van der Waals surface area contributed by atoms with E-state index >= 15 is 0 Å². The van der Waals surface area contributed by atoms with Gasteiger partial charge in [-0.05, 0) is 55.3 Å². The van der Waals surface area contributed by atoms with Crippen molar-refractivity contribution in [2.24, 2.45) is 0 Å². The van der Waals surface area contributed by atoms with Crippen LogP contribution in [0, 0.1) is 13.8 Å². The third kappa shape index (κ3) is 4.80. The van der Waals surface area contributed by atoms with Crippen LogP contribution in [0.5, 0.6) is 11.5 Å². The summed E-state index contributed by atoms with van der Waals surface area (Å²) in [5.74, 6) is 0.713. The molecule has 172 valence electrons. The van der Waals surface area contributed by atoms with E-state index in [-0.39, 0.29) is 24.6 Å². The maximum Gasteiger partial charge on any atom is 0.264 e. The number of carbonyl (C=O) groups excluding carboxylic acids is 1. The molecular weight excluding hydrogens is 440 g/mol. The van der Waals surface area contributed by atoms with Crippen molar-refractivity contribution in [3.05, 3.63) is 83.9 Å². The lowest BCUT2D eigenvalue weighted by Crippen LogP contribution is -2.51. The van der Waals surface area contributed by atoms with Crippen LogP contribution < -0.4 is 19.1 Å². The maximum atomic E-state index is 13.3. The van der Waals surface area contributed by atoms with Crippen LogP contribution in [0.25, 0.3) is 0 Å². The van der Waals surface area contributed by atoms with Crippen molar-refractivity contribution in [2.75, 3.05) is 24.0 Å². The van der Waals surface area contributed by atoms with Crippen LogP contribution in [-0.2, 0) is 14.8 Å². The van der Waals surface area contributed by atoms with Gasteiger partial charge >= 0.3 is 0 Å². The van der Waals surface area contributed by atoms with E-state index in [2.05, 4.69) is 5.32 Å². The fourth-order valence-corrected chi connectivity index (χ4v) is 5.11. The molecule has 0 aromatic heterocycles. The van der Waals surface area contributed by atoms with E-state index in [1.165, 1.54) is 16.4 Å². The fourth-order valence-electron chi connectivity index (χ4n) is 3.62. The van der Waals surface area contributed by atoms with Gasteiger partial charge in [-0.25, -0.2) is 8.42 Å². The first-order valence-corrected chi connectivity index (χ1v) is 12.1. The summed E-state index contributed by atoms with van der Waals surface area (Å²) >= 11 is 0. The van der Waals surface area contributed by atoms with Crippen molar-refractivity contribution in [1.82, 2.24) is 5.32 Å². The van der Waals surface area contributed by atoms with Gasteiger partial charge in [-0.3, -0.25) is 9.10 Å². The third-order valence-electron chi connectivity index (χ3n) is 5.57. The van der Waals surface area contributed by atoms with Gasteiger partial charge in [0.15, 0.2) is 6.10 Å². The first-order valence-electron chi connectivity index (χ1n) is 10.7. The summed E-state index contributed by atoms with van der Waals surface area (Å²) < 4.78 is 39.5. The summed E-state index contributed by atoms with van der Waals surface area (Å²) in [6, 6.07) is 20.8. The minimum Gasteiger partial charge on any atom is -0.491 e. The number of rotatable bonds is 7. The zero-order chi connectivity index (χ0) is 23.4. The van der Waals surface area contributed by atoms with Gasteiger partial charge in [-0.15, -0.1) is 0 Å². The Hall–Kier alpha value is -3.52. The first-order chi connectivity index (χ1) is 15.9. The molecule has 0 saturated carbocycles. The second-order valence-corrected chi connectivity index (χ2v) is 9.62. The van der Waals surface area contributed by atoms with Crippen LogP contribution in [-0.4, -0.2) is 40.1 Å². The standard InChI is InChI=1S/C25H26N2O5S/c1-18-9-8-14-22(19(18)2)31-16-15-26-25(28)24-17-27(21-12-6-7-13-23(21)32-24)33(29,30)20-10-4-3-5-11-20/h3-14,24H,15-17H2,1-2H3,(H,26,28)/t24-/m0/s1. The number of ether oxygens (including phenoxy) is 2. The molecule has 3 aromatic carbocycles. The smallest absolute Gasteiger partial charge is 0.264 e. The average Bonchev–Trinajstić information content (AvgIpc) is 2.84.